The molecule has 2 aromatic heterocycles. The van der Waals surface area contributed by atoms with E-state index in [1.165, 1.54) is 5.56 Å². The van der Waals surface area contributed by atoms with Crippen molar-refractivity contribution in [2.24, 2.45) is 0 Å². The van der Waals surface area contributed by atoms with Gasteiger partial charge in [-0.2, -0.15) is 5.10 Å². The SMILES string of the molecule is CP(C)(=O)c1c2ccccc2c(-c2ccc(-c3ccc4c(c3)cc(-c3ccccc3)n3nc(-c5ccccc5)c(-c5ccccc5)c43)cc2)c2ccccc12. The summed E-state index contributed by atoms with van der Waals surface area (Å²) >= 11 is 0. The monoisotopic (exact) mass is 724 g/mol. The van der Waals surface area contributed by atoms with Crippen molar-refractivity contribution >= 4 is 50.3 Å². The first kappa shape index (κ1) is 33.1. The quantitative estimate of drug-likeness (QED) is 0.126. The summed E-state index contributed by atoms with van der Waals surface area (Å²) in [5.41, 5.74) is 12.2. The molecule has 0 aliphatic heterocycles. The molecule has 55 heavy (non-hydrogen) atoms. The minimum atomic E-state index is -2.57. The van der Waals surface area contributed by atoms with E-state index in [2.05, 4.69) is 193 Å². The molecule has 0 saturated heterocycles. The van der Waals surface area contributed by atoms with Crippen LogP contribution in [0.1, 0.15) is 0 Å². The van der Waals surface area contributed by atoms with Crippen LogP contribution in [0.5, 0.6) is 0 Å². The molecule has 0 radical (unpaired) electrons. The smallest absolute Gasteiger partial charge is 0.111 e. The van der Waals surface area contributed by atoms with Gasteiger partial charge in [-0.3, -0.25) is 0 Å². The molecule has 0 unspecified atom stereocenters. The number of fused-ring (bicyclic) bond motifs is 5. The molecule has 8 aromatic carbocycles. The van der Waals surface area contributed by atoms with Gasteiger partial charge in [0.15, 0.2) is 0 Å². The predicted molar refractivity (Wildman–Crippen MR) is 234 cm³/mol. The van der Waals surface area contributed by atoms with E-state index in [1.807, 2.05) is 13.3 Å². The number of hydrogen-bond donors (Lipinski definition) is 0. The third kappa shape index (κ3) is 5.59. The molecule has 3 nitrogen and oxygen atoms in total. The number of pyridine rings is 1. The van der Waals surface area contributed by atoms with Gasteiger partial charge in [-0.1, -0.05) is 176 Å². The summed E-state index contributed by atoms with van der Waals surface area (Å²) in [6.07, 6.45) is 0. The maximum atomic E-state index is 13.7. The third-order valence-corrected chi connectivity index (χ3v) is 12.4. The molecule has 10 rings (SSSR count). The second-order valence-corrected chi connectivity index (χ2v) is 17.8. The molecule has 0 fully saturated rings. The highest BCUT2D eigenvalue weighted by molar-refractivity contribution is 7.71. The van der Waals surface area contributed by atoms with E-state index in [1.54, 1.807) is 0 Å². The van der Waals surface area contributed by atoms with Crippen LogP contribution in [0.15, 0.2) is 188 Å². The van der Waals surface area contributed by atoms with E-state index in [4.69, 9.17) is 5.10 Å². The molecule has 0 aliphatic rings. The van der Waals surface area contributed by atoms with Crippen LogP contribution in [0.2, 0.25) is 0 Å². The van der Waals surface area contributed by atoms with Crippen LogP contribution in [-0.4, -0.2) is 22.9 Å². The lowest BCUT2D eigenvalue weighted by atomic mass is 9.90. The first-order valence-corrected chi connectivity index (χ1v) is 21.3. The Morgan fingerprint density at radius 2 is 0.891 bits per heavy atom. The van der Waals surface area contributed by atoms with E-state index >= 15 is 0 Å². The lowest BCUT2D eigenvalue weighted by molar-refractivity contribution is 0.588. The van der Waals surface area contributed by atoms with Crippen molar-refractivity contribution in [3.05, 3.63) is 188 Å². The fourth-order valence-electron chi connectivity index (χ4n) is 8.44. The fourth-order valence-corrected chi connectivity index (χ4v) is 9.99. The Labute approximate surface area is 320 Å². The van der Waals surface area contributed by atoms with Crippen LogP contribution >= 0.6 is 7.14 Å². The van der Waals surface area contributed by atoms with Gasteiger partial charge in [0.05, 0.1) is 11.2 Å². The van der Waals surface area contributed by atoms with E-state index < -0.39 is 7.14 Å². The van der Waals surface area contributed by atoms with Crippen LogP contribution in [0, 0.1) is 0 Å². The minimum Gasteiger partial charge on any atom is -0.319 e. The number of aromatic nitrogens is 2. The molecule has 4 heteroatoms. The molecule has 0 atom stereocenters. The zero-order valence-corrected chi connectivity index (χ0v) is 31.5. The van der Waals surface area contributed by atoms with Crippen LogP contribution in [0.25, 0.3) is 93.7 Å². The Balaban J connectivity index is 1.17. The molecular weight excluding hydrogens is 688 g/mol. The predicted octanol–water partition coefficient (Wildman–Crippen LogP) is 13.4. The lowest BCUT2D eigenvalue weighted by Gasteiger charge is -2.19. The maximum absolute atomic E-state index is 13.7. The summed E-state index contributed by atoms with van der Waals surface area (Å²) in [7, 11) is -2.57. The van der Waals surface area contributed by atoms with Crippen molar-refractivity contribution in [1.29, 1.82) is 0 Å². The molecule has 0 spiro atoms. The highest BCUT2D eigenvalue weighted by atomic mass is 31.2. The van der Waals surface area contributed by atoms with Crippen molar-refractivity contribution in [3.63, 3.8) is 0 Å². The molecule has 10 aromatic rings. The summed E-state index contributed by atoms with van der Waals surface area (Å²) in [5.74, 6) is 0. The second-order valence-electron chi connectivity index (χ2n) is 14.7. The molecule has 262 valence electrons. The van der Waals surface area contributed by atoms with Gasteiger partial charge in [0.2, 0.25) is 0 Å². The zero-order chi connectivity index (χ0) is 37.1. The summed E-state index contributed by atoms with van der Waals surface area (Å²) in [4.78, 5) is 0. The molecule has 2 heterocycles. The molecule has 0 aliphatic carbocycles. The second kappa shape index (κ2) is 13.1. The van der Waals surface area contributed by atoms with Gasteiger partial charge < -0.3 is 4.57 Å². The van der Waals surface area contributed by atoms with Crippen molar-refractivity contribution in [2.75, 3.05) is 13.3 Å². The van der Waals surface area contributed by atoms with Gasteiger partial charge in [0.1, 0.15) is 12.8 Å². The fraction of sp³-hybridized carbons (Fsp3) is 0.0392. The van der Waals surface area contributed by atoms with Crippen LogP contribution in [-0.2, 0) is 4.57 Å². The van der Waals surface area contributed by atoms with Crippen molar-refractivity contribution in [1.82, 2.24) is 9.61 Å². The van der Waals surface area contributed by atoms with Crippen molar-refractivity contribution < 1.29 is 4.57 Å². The van der Waals surface area contributed by atoms with Gasteiger partial charge in [-0.15, -0.1) is 0 Å². The van der Waals surface area contributed by atoms with E-state index in [0.717, 1.165) is 93.5 Å². The molecule has 0 N–H and O–H groups in total. The number of nitrogens with zero attached hydrogens (tertiary/aromatic N) is 2. The van der Waals surface area contributed by atoms with Crippen LogP contribution < -0.4 is 5.30 Å². The number of rotatable bonds is 6. The largest absolute Gasteiger partial charge is 0.319 e. The topological polar surface area (TPSA) is 34.4 Å². The van der Waals surface area contributed by atoms with Gasteiger partial charge in [0.25, 0.3) is 0 Å². The summed E-state index contributed by atoms with van der Waals surface area (Å²) in [6.45, 7) is 3.76. The summed E-state index contributed by atoms with van der Waals surface area (Å²) < 4.78 is 15.9. The zero-order valence-electron chi connectivity index (χ0n) is 30.6. The average Bonchev–Trinajstić information content (AvgIpc) is 3.64. The standard InChI is InChI=1S/C51H37N2OP/c1-55(2,54)51-44-24-14-12-22-42(44)47(43-23-13-15-25-45(43)51)37-28-26-34(27-29-37)39-30-31-41-40(32-39)33-46(35-16-6-3-7-17-35)53-50(41)48(36-18-8-4-9-19-36)49(52-53)38-20-10-5-11-21-38/h3-33H,1-2H3. The Hall–Kier alpha value is -6.54. The van der Waals surface area contributed by atoms with Gasteiger partial charge in [-0.25, -0.2) is 4.52 Å². The highest BCUT2D eigenvalue weighted by Gasteiger charge is 2.24. The minimum absolute atomic E-state index is 0.962. The highest BCUT2D eigenvalue weighted by Crippen LogP contribution is 2.46. The Morgan fingerprint density at radius 3 is 1.47 bits per heavy atom. The normalized spacial score (nSPS) is 11.9. The average molecular weight is 725 g/mol. The van der Waals surface area contributed by atoms with Gasteiger partial charge in [-0.05, 0) is 80.2 Å². The first-order valence-electron chi connectivity index (χ1n) is 18.7. The van der Waals surface area contributed by atoms with Crippen LogP contribution in [0.3, 0.4) is 0 Å². The van der Waals surface area contributed by atoms with E-state index in [9.17, 15) is 4.57 Å². The van der Waals surface area contributed by atoms with Gasteiger partial charge >= 0.3 is 0 Å². The Morgan fingerprint density at radius 1 is 0.418 bits per heavy atom. The molecule has 0 amide bonds. The van der Waals surface area contributed by atoms with E-state index in [-0.39, 0.29) is 0 Å². The number of benzene rings is 8. The molecular formula is C51H37N2OP. The van der Waals surface area contributed by atoms with Crippen molar-refractivity contribution in [3.8, 4) is 55.9 Å². The Bertz CT molecular complexity index is 3050. The van der Waals surface area contributed by atoms with Crippen molar-refractivity contribution in [2.45, 2.75) is 0 Å². The molecule has 0 bridgehead atoms. The summed E-state index contributed by atoms with van der Waals surface area (Å²) in [6, 6.07) is 66.6. The maximum Gasteiger partial charge on any atom is 0.111 e. The van der Waals surface area contributed by atoms with E-state index in [0.29, 0.717) is 0 Å². The molecule has 0 saturated carbocycles. The first-order chi connectivity index (χ1) is 26.9. The summed E-state index contributed by atoms with van der Waals surface area (Å²) in [5, 5.41) is 13.0. The number of hydrogen-bond acceptors (Lipinski definition) is 2. The lowest BCUT2D eigenvalue weighted by Crippen LogP contribution is -2.08. The Kier molecular flexibility index (Phi) is 7.87. The third-order valence-electron chi connectivity index (χ3n) is 10.8. The van der Waals surface area contributed by atoms with Crippen LogP contribution in [0.4, 0.5) is 0 Å². The van der Waals surface area contributed by atoms with Gasteiger partial charge in [0, 0.05) is 27.4 Å².